The number of carbonyl (C=O) groups is 2. The molecule has 5 heteroatoms. The average Bonchev–Trinajstić information content (AvgIpc) is 3.32. The highest BCUT2D eigenvalue weighted by Gasteiger charge is 2.35. The van der Waals surface area contributed by atoms with Crippen LogP contribution in [0.1, 0.15) is 41.4 Å². The summed E-state index contributed by atoms with van der Waals surface area (Å²) >= 11 is 1.43. The highest BCUT2D eigenvalue weighted by Crippen LogP contribution is 2.22. The minimum atomic E-state index is -0.339. The molecule has 1 aliphatic heterocycles. The van der Waals surface area contributed by atoms with Gasteiger partial charge in [0.05, 0.1) is 4.88 Å². The summed E-state index contributed by atoms with van der Waals surface area (Å²) in [6.07, 6.45) is 3.45. The first-order valence-corrected chi connectivity index (χ1v) is 9.72. The van der Waals surface area contributed by atoms with Crippen molar-refractivity contribution in [2.24, 2.45) is 0 Å². The number of likely N-dealkylation sites (tertiary alicyclic amines) is 1. The molecule has 0 spiro atoms. The van der Waals surface area contributed by atoms with Crippen molar-refractivity contribution in [2.75, 3.05) is 6.54 Å². The van der Waals surface area contributed by atoms with Crippen LogP contribution in [0, 0.1) is 0 Å². The van der Waals surface area contributed by atoms with Gasteiger partial charge >= 0.3 is 0 Å². The van der Waals surface area contributed by atoms with Crippen molar-refractivity contribution in [1.82, 2.24) is 10.2 Å². The number of nitrogens with zero attached hydrogens (tertiary/aromatic N) is 1. The van der Waals surface area contributed by atoms with E-state index in [-0.39, 0.29) is 23.9 Å². The Bertz CT molecular complexity index is 700. The maximum absolute atomic E-state index is 12.6. The van der Waals surface area contributed by atoms with Crippen molar-refractivity contribution in [3.05, 3.63) is 58.3 Å². The molecule has 2 heterocycles. The van der Waals surface area contributed by atoms with Gasteiger partial charge in [0.2, 0.25) is 5.91 Å². The molecule has 2 amide bonds. The van der Waals surface area contributed by atoms with Gasteiger partial charge in [0.1, 0.15) is 6.04 Å². The summed E-state index contributed by atoms with van der Waals surface area (Å²) in [4.78, 5) is 27.7. The number of rotatable bonds is 6. The normalized spacial score (nSPS) is 18.1. The second kappa shape index (κ2) is 8.30. The van der Waals surface area contributed by atoms with Crippen molar-refractivity contribution >= 4 is 23.2 Å². The Kier molecular flexibility index (Phi) is 5.87. The SMILES string of the molecule is C[C@@H](CCc1ccccc1)NC(=O)[C@@H]1CCCN1C(=O)c1cccs1. The van der Waals surface area contributed by atoms with Gasteiger partial charge in [-0.15, -0.1) is 11.3 Å². The Morgan fingerprint density at radius 1 is 1.24 bits per heavy atom. The number of carbonyl (C=O) groups excluding carboxylic acids is 2. The minimum absolute atomic E-state index is 0.0235. The van der Waals surface area contributed by atoms with Gasteiger partial charge in [-0.3, -0.25) is 9.59 Å². The first-order chi connectivity index (χ1) is 12.1. The molecule has 1 aromatic carbocycles. The van der Waals surface area contributed by atoms with Gasteiger partial charge in [-0.2, -0.15) is 0 Å². The first kappa shape index (κ1) is 17.7. The van der Waals surface area contributed by atoms with Crippen LogP contribution in [0.25, 0.3) is 0 Å². The molecule has 132 valence electrons. The highest BCUT2D eigenvalue weighted by atomic mass is 32.1. The third-order valence-corrected chi connectivity index (χ3v) is 5.50. The molecule has 0 aliphatic carbocycles. The Morgan fingerprint density at radius 2 is 2.04 bits per heavy atom. The fourth-order valence-corrected chi connectivity index (χ4v) is 3.94. The number of benzene rings is 1. The lowest BCUT2D eigenvalue weighted by Crippen LogP contribution is -2.48. The topological polar surface area (TPSA) is 49.4 Å². The van der Waals surface area contributed by atoms with Crippen LogP contribution in [0.15, 0.2) is 47.8 Å². The maximum atomic E-state index is 12.6. The van der Waals surface area contributed by atoms with Crippen molar-refractivity contribution < 1.29 is 9.59 Å². The minimum Gasteiger partial charge on any atom is -0.352 e. The first-order valence-electron chi connectivity index (χ1n) is 8.84. The van der Waals surface area contributed by atoms with E-state index in [4.69, 9.17) is 0 Å². The third-order valence-electron chi connectivity index (χ3n) is 4.65. The molecule has 1 aliphatic rings. The molecular formula is C20H24N2O2S. The van der Waals surface area contributed by atoms with E-state index in [1.165, 1.54) is 16.9 Å². The van der Waals surface area contributed by atoms with Gasteiger partial charge in [0.25, 0.3) is 5.91 Å². The Labute approximate surface area is 152 Å². The predicted molar refractivity (Wildman–Crippen MR) is 101 cm³/mol. The summed E-state index contributed by atoms with van der Waals surface area (Å²) in [6.45, 7) is 2.69. The average molecular weight is 356 g/mol. The number of thiophene rings is 1. The lowest BCUT2D eigenvalue weighted by molar-refractivity contribution is -0.125. The van der Waals surface area contributed by atoms with E-state index in [1.807, 2.05) is 42.6 Å². The zero-order valence-electron chi connectivity index (χ0n) is 14.5. The molecule has 4 nitrogen and oxygen atoms in total. The van der Waals surface area contributed by atoms with E-state index in [2.05, 4.69) is 17.4 Å². The standard InChI is InChI=1S/C20H24N2O2S/c1-15(11-12-16-7-3-2-4-8-16)21-19(23)17-9-5-13-22(17)20(24)18-10-6-14-25-18/h2-4,6-8,10,14-15,17H,5,9,11-13H2,1H3,(H,21,23)/t15-,17-/m0/s1. The summed E-state index contributed by atoms with van der Waals surface area (Å²) in [6, 6.07) is 13.7. The summed E-state index contributed by atoms with van der Waals surface area (Å²) in [5.41, 5.74) is 1.28. The number of amides is 2. The van der Waals surface area contributed by atoms with E-state index in [9.17, 15) is 9.59 Å². The molecule has 25 heavy (non-hydrogen) atoms. The highest BCUT2D eigenvalue weighted by molar-refractivity contribution is 7.12. The van der Waals surface area contributed by atoms with Crippen LogP contribution in [-0.2, 0) is 11.2 Å². The Morgan fingerprint density at radius 3 is 2.76 bits per heavy atom. The van der Waals surface area contributed by atoms with Gasteiger partial charge in [-0.1, -0.05) is 36.4 Å². The number of nitrogens with one attached hydrogen (secondary N) is 1. The van der Waals surface area contributed by atoms with E-state index in [0.29, 0.717) is 11.4 Å². The molecule has 0 bridgehead atoms. The van der Waals surface area contributed by atoms with Crippen LogP contribution in [0.2, 0.25) is 0 Å². The molecule has 1 N–H and O–H groups in total. The molecule has 3 rings (SSSR count). The van der Waals surface area contributed by atoms with Crippen molar-refractivity contribution in [3.8, 4) is 0 Å². The van der Waals surface area contributed by atoms with Crippen LogP contribution in [-0.4, -0.2) is 35.3 Å². The lowest BCUT2D eigenvalue weighted by Gasteiger charge is -2.25. The quantitative estimate of drug-likeness (QED) is 0.861. The summed E-state index contributed by atoms with van der Waals surface area (Å²) in [5.74, 6) is -0.0486. The molecule has 2 atom stereocenters. The zero-order chi connectivity index (χ0) is 17.6. The fraction of sp³-hybridized carbons (Fsp3) is 0.400. The van der Waals surface area contributed by atoms with E-state index in [0.717, 1.165) is 25.7 Å². The van der Waals surface area contributed by atoms with E-state index in [1.54, 1.807) is 4.90 Å². The number of aryl methyl sites for hydroxylation is 1. The Hall–Kier alpha value is -2.14. The van der Waals surface area contributed by atoms with Crippen LogP contribution >= 0.6 is 11.3 Å². The number of hydrogen-bond donors (Lipinski definition) is 1. The molecule has 0 unspecified atom stereocenters. The monoisotopic (exact) mass is 356 g/mol. The predicted octanol–water partition coefficient (Wildman–Crippen LogP) is 3.49. The fourth-order valence-electron chi connectivity index (χ4n) is 3.26. The Balaban J connectivity index is 1.53. The largest absolute Gasteiger partial charge is 0.352 e. The number of hydrogen-bond acceptors (Lipinski definition) is 3. The molecule has 1 aromatic heterocycles. The second-order valence-corrected chi connectivity index (χ2v) is 7.52. The molecule has 0 saturated carbocycles. The maximum Gasteiger partial charge on any atom is 0.264 e. The van der Waals surface area contributed by atoms with Crippen molar-refractivity contribution in [1.29, 1.82) is 0 Å². The van der Waals surface area contributed by atoms with Crippen LogP contribution in [0.3, 0.4) is 0 Å². The van der Waals surface area contributed by atoms with Gasteiger partial charge in [0.15, 0.2) is 0 Å². The summed E-state index contributed by atoms with van der Waals surface area (Å²) in [5, 5.41) is 4.99. The van der Waals surface area contributed by atoms with Crippen molar-refractivity contribution in [3.63, 3.8) is 0 Å². The van der Waals surface area contributed by atoms with Crippen LogP contribution < -0.4 is 5.32 Å². The van der Waals surface area contributed by atoms with Gasteiger partial charge < -0.3 is 10.2 Å². The molecule has 1 fully saturated rings. The summed E-state index contributed by atoms with van der Waals surface area (Å²) < 4.78 is 0. The lowest BCUT2D eigenvalue weighted by atomic mass is 10.1. The smallest absolute Gasteiger partial charge is 0.264 e. The van der Waals surface area contributed by atoms with E-state index >= 15 is 0 Å². The molecule has 0 radical (unpaired) electrons. The van der Waals surface area contributed by atoms with Crippen LogP contribution in [0.5, 0.6) is 0 Å². The molecular weight excluding hydrogens is 332 g/mol. The third kappa shape index (κ3) is 4.48. The van der Waals surface area contributed by atoms with Gasteiger partial charge in [-0.25, -0.2) is 0 Å². The molecule has 2 aromatic rings. The second-order valence-electron chi connectivity index (χ2n) is 6.57. The van der Waals surface area contributed by atoms with Gasteiger partial charge in [0, 0.05) is 12.6 Å². The van der Waals surface area contributed by atoms with Crippen molar-refractivity contribution in [2.45, 2.75) is 44.7 Å². The van der Waals surface area contributed by atoms with E-state index < -0.39 is 0 Å². The zero-order valence-corrected chi connectivity index (χ0v) is 15.3. The van der Waals surface area contributed by atoms with Crippen LogP contribution in [0.4, 0.5) is 0 Å². The summed E-state index contributed by atoms with van der Waals surface area (Å²) in [7, 11) is 0. The van der Waals surface area contributed by atoms with Gasteiger partial charge in [-0.05, 0) is 49.6 Å². The molecule has 1 saturated heterocycles.